The van der Waals surface area contributed by atoms with E-state index in [0.29, 0.717) is 19.7 Å². The number of hydrogen-bond donors (Lipinski definition) is 2. The molecule has 1 aromatic rings. The van der Waals surface area contributed by atoms with Gasteiger partial charge in [0.1, 0.15) is 11.3 Å². The Morgan fingerprint density at radius 2 is 2.25 bits per heavy atom. The standard InChI is InChI=1S/C15H22N2O3/c1-3-16-15(2,14(18)19)11-17-9-6-10-20-13-8-5-4-7-12(13)17/h4-5,7-8,16H,3,6,9-11H2,1-2H3,(H,18,19). The number of nitrogens with zero attached hydrogens (tertiary/aromatic N) is 1. The molecule has 0 fully saturated rings. The highest BCUT2D eigenvalue weighted by Gasteiger charge is 2.35. The van der Waals surface area contributed by atoms with Gasteiger partial charge in [0.25, 0.3) is 0 Å². The predicted molar refractivity (Wildman–Crippen MR) is 78.5 cm³/mol. The lowest BCUT2D eigenvalue weighted by atomic mass is 10.0. The minimum atomic E-state index is -0.966. The van der Waals surface area contributed by atoms with Crippen LogP contribution < -0.4 is 15.0 Å². The topological polar surface area (TPSA) is 61.8 Å². The number of likely N-dealkylation sites (N-methyl/N-ethyl adjacent to an activating group) is 1. The quantitative estimate of drug-likeness (QED) is 0.859. The zero-order valence-electron chi connectivity index (χ0n) is 12.1. The second-order valence-corrected chi connectivity index (χ2v) is 5.26. The summed E-state index contributed by atoms with van der Waals surface area (Å²) in [7, 11) is 0. The van der Waals surface area contributed by atoms with E-state index in [4.69, 9.17) is 4.74 Å². The zero-order valence-corrected chi connectivity index (χ0v) is 12.1. The summed E-state index contributed by atoms with van der Waals surface area (Å²) in [5.74, 6) is -0.00349. The van der Waals surface area contributed by atoms with Crippen LogP contribution in [-0.2, 0) is 4.79 Å². The fourth-order valence-corrected chi connectivity index (χ4v) is 2.53. The molecule has 0 spiro atoms. The Labute approximate surface area is 119 Å². The Hall–Kier alpha value is -1.75. The van der Waals surface area contributed by atoms with Crippen molar-refractivity contribution in [1.82, 2.24) is 5.32 Å². The van der Waals surface area contributed by atoms with Crippen molar-refractivity contribution in [2.45, 2.75) is 25.8 Å². The lowest BCUT2D eigenvalue weighted by Crippen LogP contribution is -2.57. The monoisotopic (exact) mass is 278 g/mol. The molecular formula is C15H22N2O3. The van der Waals surface area contributed by atoms with Gasteiger partial charge in [0.15, 0.2) is 0 Å². The summed E-state index contributed by atoms with van der Waals surface area (Å²) in [5.41, 5.74) is 0.00187. The number of nitrogens with one attached hydrogen (secondary N) is 1. The SMILES string of the molecule is CCNC(C)(CN1CCCOc2ccccc21)C(=O)O. The summed E-state index contributed by atoms with van der Waals surface area (Å²) in [6, 6.07) is 7.79. The predicted octanol–water partition coefficient (Wildman–Crippen LogP) is 1.73. The van der Waals surface area contributed by atoms with Gasteiger partial charge < -0.3 is 20.1 Å². The number of carboxylic acids is 1. The highest BCUT2D eigenvalue weighted by molar-refractivity contribution is 5.79. The third kappa shape index (κ3) is 3.04. The molecule has 1 unspecified atom stereocenters. The molecule has 1 atom stereocenters. The van der Waals surface area contributed by atoms with Crippen molar-refractivity contribution in [3.05, 3.63) is 24.3 Å². The van der Waals surface area contributed by atoms with Crippen molar-refractivity contribution >= 4 is 11.7 Å². The van der Waals surface area contributed by atoms with Crippen molar-refractivity contribution in [1.29, 1.82) is 0 Å². The molecule has 0 aromatic heterocycles. The van der Waals surface area contributed by atoms with E-state index in [9.17, 15) is 9.90 Å². The largest absolute Gasteiger partial charge is 0.491 e. The van der Waals surface area contributed by atoms with E-state index in [1.54, 1.807) is 6.92 Å². The molecular weight excluding hydrogens is 256 g/mol. The minimum absolute atomic E-state index is 0.413. The number of carbonyl (C=O) groups is 1. The maximum absolute atomic E-state index is 11.6. The van der Waals surface area contributed by atoms with E-state index < -0.39 is 11.5 Å². The molecule has 20 heavy (non-hydrogen) atoms. The van der Waals surface area contributed by atoms with Crippen LogP contribution >= 0.6 is 0 Å². The molecule has 1 aliphatic heterocycles. The highest BCUT2D eigenvalue weighted by atomic mass is 16.5. The average molecular weight is 278 g/mol. The molecule has 0 aliphatic carbocycles. The molecule has 0 radical (unpaired) electrons. The molecule has 5 nitrogen and oxygen atoms in total. The van der Waals surface area contributed by atoms with Gasteiger partial charge in [0, 0.05) is 13.1 Å². The van der Waals surface area contributed by atoms with Crippen molar-refractivity contribution in [2.24, 2.45) is 0 Å². The number of ether oxygens (including phenoxy) is 1. The molecule has 0 saturated carbocycles. The van der Waals surface area contributed by atoms with Crippen LogP contribution in [0.3, 0.4) is 0 Å². The first-order valence-electron chi connectivity index (χ1n) is 7.02. The summed E-state index contributed by atoms with van der Waals surface area (Å²) < 4.78 is 5.70. The van der Waals surface area contributed by atoms with Crippen LogP contribution in [0.1, 0.15) is 20.3 Å². The van der Waals surface area contributed by atoms with Gasteiger partial charge in [-0.1, -0.05) is 19.1 Å². The number of para-hydroxylation sites is 2. The average Bonchev–Trinajstić information content (AvgIpc) is 2.62. The van der Waals surface area contributed by atoms with Gasteiger partial charge >= 0.3 is 5.97 Å². The first kappa shape index (κ1) is 14.7. The third-order valence-corrected chi connectivity index (χ3v) is 3.58. The first-order chi connectivity index (χ1) is 9.57. The molecule has 1 aromatic carbocycles. The van der Waals surface area contributed by atoms with Crippen LogP contribution in [0.5, 0.6) is 5.75 Å². The van der Waals surface area contributed by atoms with Crippen LogP contribution in [0, 0.1) is 0 Å². The van der Waals surface area contributed by atoms with E-state index >= 15 is 0 Å². The molecule has 1 heterocycles. The van der Waals surface area contributed by atoms with Gasteiger partial charge in [-0.25, -0.2) is 0 Å². The first-order valence-corrected chi connectivity index (χ1v) is 7.02. The number of anilines is 1. The van der Waals surface area contributed by atoms with Crippen molar-refractivity contribution in [3.8, 4) is 5.75 Å². The van der Waals surface area contributed by atoms with Gasteiger partial charge in [-0.05, 0) is 32.0 Å². The van der Waals surface area contributed by atoms with Gasteiger partial charge in [-0.3, -0.25) is 4.79 Å². The van der Waals surface area contributed by atoms with Crippen molar-refractivity contribution in [2.75, 3.05) is 31.1 Å². The lowest BCUT2D eigenvalue weighted by molar-refractivity contribution is -0.143. The second kappa shape index (κ2) is 6.13. The summed E-state index contributed by atoms with van der Waals surface area (Å²) in [6.07, 6.45) is 0.885. The number of benzene rings is 1. The summed E-state index contributed by atoms with van der Waals surface area (Å²) in [5, 5.41) is 12.6. The van der Waals surface area contributed by atoms with E-state index in [1.807, 2.05) is 31.2 Å². The van der Waals surface area contributed by atoms with Crippen LogP contribution in [0.25, 0.3) is 0 Å². The fraction of sp³-hybridized carbons (Fsp3) is 0.533. The number of hydrogen-bond acceptors (Lipinski definition) is 4. The summed E-state index contributed by atoms with van der Waals surface area (Å²) in [6.45, 7) is 6.14. The number of carboxylic acid groups (broad SMARTS) is 1. The lowest BCUT2D eigenvalue weighted by Gasteiger charge is -2.34. The molecule has 0 bridgehead atoms. The molecule has 2 rings (SSSR count). The highest BCUT2D eigenvalue weighted by Crippen LogP contribution is 2.31. The molecule has 1 aliphatic rings. The smallest absolute Gasteiger partial charge is 0.325 e. The molecule has 5 heteroatoms. The van der Waals surface area contributed by atoms with Crippen LogP contribution in [-0.4, -0.2) is 42.9 Å². The van der Waals surface area contributed by atoms with Crippen LogP contribution in [0.2, 0.25) is 0 Å². The van der Waals surface area contributed by atoms with E-state index in [2.05, 4.69) is 10.2 Å². The Balaban J connectivity index is 2.26. The summed E-state index contributed by atoms with van der Waals surface area (Å²) >= 11 is 0. The van der Waals surface area contributed by atoms with E-state index in [-0.39, 0.29) is 0 Å². The molecule has 2 N–H and O–H groups in total. The van der Waals surface area contributed by atoms with Gasteiger partial charge in [0.2, 0.25) is 0 Å². The van der Waals surface area contributed by atoms with Crippen LogP contribution in [0.4, 0.5) is 5.69 Å². The van der Waals surface area contributed by atoms with Crippen LogP contribution in [0.15, 0.2) is 24.3 Å². The van der Waals surface area contributed by atoms with Gasteiger partial charge in [-0.2, -0.15) is 0 Å². The fourth-order valence-electron chi connectivity index (χ4n) is 2.53. The van der Waals surface area contributed by atoms with Crippen molar-refractivity contribution < 1.29 is 14.6 Å². The molecule has 0 saturated heterocycles. The maximum Gasteiger partial charge on any atom is 0.325 e. The Bertz CT molecular complexity index is 478. The number of rotatable bonds is 5. The van der Waals surface area contributed by atoms with E-state index in [0.717, 1.165) is 24.4 Å². The zero-order chi connectivity index (χ0) is 14.6. The maximum atomic E-state index is 11.6. The number of aliphatic carboxylic acids is 1. The minimum Gasteiger partial charge on any atom is -0.491 e. The van der Waals surface area contributed by atoms with Gasteiger partial charge in [-0.15, -0.1) is 0 Å². The normalized spacial score (nSPS) is 17.6. The Morgan fingerprint density at radius 3 is 2.95 bits per heavy atom. The second-order valence-electron chi connectivity index (χ2n) is 5.26. The number of fused-ring (bicyclic) bond motifs is 1. The van der Waals surface area contributed by atoms with Gasteiger partial charge in [0.05, 0.1) is 12.3 Å². The molecule has 0 amide bonds. The third-order valence-electron chi connectivity index (χ3n) is 3.58. The summed E-state index contributed by atoms with van der Waals surface area (Å²) in [4.78, 5) is 13.7. The molecule has 110 valence electrons. The van der Waals surface area contributed by atoms with E-state index in [1.165, 1.54) is 0 Å². The Morgan fingerprint density at radius 1 is 1.50 bits per heavy atom. The Kier molecular flexibility index (Phi) is 4.49. The van der Waals surface area contributed by atoms with Crippen molar-refractivity contribution in [3.63, 3.8) is 0 Å².